The minimum atomic E-state index is -0.974. The first-order valence-corrected chi connectivity index (χ1v) is 6.25. The molecule has 0 unspecified atom stereocenters. The van der Waals surface area contributed by atoms with Crippen molar-refractivity contribution in [1.29, 1.82) is 0 Å². The fourth-order valence-electron chi connectivity index (χ4n) is 2.20. The van der Waals surface area contributed by atoms with Gasteiger partial charge in [-0.1, -0.05) is 18.2 Å². The lowest BCUT2D eigenvalue weighted by atomic mass is 10.2. The highest BCUT2D eigenvalue weighted by molar-refractivity contribution is 6.03. The van der Waals surface area contributed by atoms with Crippen molar-refractivity contribution in [3.8, 4) is 0 Å². The van der Waals surface area contributed by atoms with E-state index < -0.39 is 5.97 Å². The summed E-state index contributed by atoms with van der Waals surface area (Å²) in [6, 6.07) is 7.53. The van der Waals surface area contributed by atoms with E-state index in [-0.39, 0.29) is 18.0 Å². The lowest BCUT2D eigenvalue weighted by Crippen LogP contribution is -2.29. The van der Waals surface area contributed by atoms with Gasteiger partial charge in [-0.05, 0) is 18.9 Å². The molecule has 1 fully saturated rings. The zero-order chi connectivity index (χ0) is 13.4. The molecule has 1 aliphatic carbocycles. The average molecular weight is 258 g/mol. The van der Waals surface area contributed by atoms with Crippen molar-refractivity contribution in [2.45, 2.75) is 25.4 Å². The van der Waals surface area contributed by atoms with Gasteiger partial charge >= 0.3 is 5.97 Å². The third kappa shape index (κ3) is 2.31. The molecule has 1 aromatic heterocycles. The van der Waals surface area contributed by atoms with Gasteiger partial charge in [0.25, 0.3) is 0 Å². The molecule has 0 atom stereocenters. The SMILES string of the molecule is O=C(Cn1cc(C(=O)O)c2ccccc21)NC1CC1. The second kappa shape index (κ2) is 4.42. The van der Waals surface area contributed by atoms with Crippen LogP contribution in [-0.2, 0) is 11.3 Å². The summed E-state index contributed by atoms with van der Waals surface area (Å²) in [5, 5.41) is 12.7. The van der Waals surface area contributed by atoms with Crippen LogP contribution < -0.4 is 5.32 Å². The van der Waals surface area contributed by atoms with Gasteiger partial charge in [0.05, 0.1) is 5.56 Å². The Bertz CT molecular complexity index is 656. The van der Waals surface area contributed by atoms with Crippen LogP contribution in [-0.4, -0.2) is 27.6 Å². The highest BCUT2D eigenvalue weighted by atomic mass is 16.4. The van der Waals surface area contributed by atoms with Gasteiger partial charge in [-0.15, -0.1) is 0 Å². The van der Waals surface area contributed by atoms with Crippen LogP contribution >= 0.6 is 0 Å². The van der Waals surface area contributed by atoms with E-state index in [9.17, 15) is 14.7 Å². The first-order valence-electron chi connectivity index (χ1n) is 6.25. The number of fused-ring (bicyclic) bond motifs is 1. The number of hydrogen-bond donors (Lipinski definition) is 2. The average Bonchev–Trinajstić information content (AvgIpc) is 3.10. The van der Waals surface area contributed by atoms with Crippen molar-refractivity contribution in [2.24, 2.45) is 0 Å². The molecule has 5 nitrogen and oxygen atoms in total. The van der Waals surface area contributed by atoms with Gasteiger partial charge in [0.15, 0.2) is 0 Å². The molecule has 3 rings (SSSR count). The zero-order valence-electron chi connectivity index (χ0n) is 10.3. The first-order chi connectivity index (χ1) is 9.15. The molecule has 0 aliphatic heterocycles. The molecule has 2 aromatic rings. The van der Waals surface area contributed by atoms with Crippen molar-refractivity contribution in [3.05, 3.63) is 36.0 Å². The van der Waals surface area contributed by atoms with Gasteiger partial charge in [0, 0.05) is 23.1 Å². The minimum absolute atomic E-state index is 0.0693. The topological polar surface area (TPSA) is 71.3 Å². The summed E-state index contributed by atoms with van der Waals surface area (Å²) >= 11 is 0. The lowest BCUT2D eigenvalue weighted by Gasteiger charge is -2.05. The number of nitrogens with zero attached hydrogens (tertiary/aromatic N) is 1. The largest absolute Gasteiger partial charge is 0.478 e. The number of carbonyl (C=O) groups excluding carboxylic acids is 1. The normalized spacial score (nSPS) is 14.5. The van der Waals surface area contributed by atoms with Gasteiger partial charge in [-0.2, -0.15) is 0 Å². The number of benzene rings is 1. The Morgan fingerprint density at radius 3 is 2.74 bits per heavy atom. The molecule has 19 heavy (non-hydrogen) atoms. The van der Waals surface area contributed by atoms with E-state index in [0.717, 1.165) is 18.4 Å². The number of amides is 1. The molecule has 1 aliphatic rings. The van der Waals surface area contributed by atoms with Crippen LogP contribution in [0.15, 0.2) is 30.5 Å². The number of rotatable bonds is 4. The van der Waals surface area contributed by atoms with E-state index in [4.69, 9.17) is 0 Å². The Hall–Kier alpha value is -2.30. The Morgan fingerprint density at radius 1 is 1.32 bits per heavy atom. The first kappa shape index (κ1) is 11.8. The second-order valence-electron chi connectivity index (χ2n) is 4.83. The summed E-state index contributed by atoms with van der Waals surface area (Å²) < 4.78 is 1.69. The molecule has 2 N–H and O–H groups in total. The quantitative estimate of drug-likeness (QED) is 0.875. The monoisotopic (exact) mass is 258 g/mol. The van der Waals surface area contributed by atoms with Gasteiger partial charge < -0.3 is 15.0 Å². The highest BCUT2D eigenvalue weighted by Gasteiger charge is 2.23. The maximum Gasteiger partial charge on any atom is 0.337 e. The molecule has 0 spiro atoms. The number of carboxylic acid groups (broad SMARTS) is 1. The number of para-hydroxylation sites is 1. The number of carbonyl (C=O) groups is 2. The summed E-state index contributed by atoms with van der Waals surface area (Å²) in [4.78, 5) is 23.0. The molecule has 0 bridgehead atoms. The molecule has 1 heterocycles. The molecule has 5 heteroatoms. The predicted molar refractivity (Wildman–Crippen MR) is 70.1 cm³/mol. The van der Waals surface area contributed by atoms with Crippen LogP contribution in [0.1, 0.15) is 23.2 Å². The third-order valence-electron chi connectivity index (χ3n) is 3.28. The summed E-state index contributed by atoms with van der Waals surface area (Å²) in [6.07, 6.45) is 3.61. The van der Waals surface area contributed by atoms with Crippen molar-refractivity contribution in [3.63, 3.8) is 0 Å². The van der Waals surface area contributed by atoms with Crippen molar-refractivity contribution in [2.75, 3.05) is 0 Å². The predicted octanol–water partition coefficient (Wildman–Crippen LogP) is 1.62. The Labute approximate surface area is 109 Å². The summed E-state index contributed by atoms with van der Waals surface area (Å²) in [7, 11) is 0. The van der Waals surface area contributed by atoms with E-state index in [1.165, 1.54) is 6.20 Å². The number of nitrogens with one attached hydrogen (secondary N) is 1. The van der Waals surface area contributed by atoms with Gasteiger partial charge in [0.2, 0.25) is 5.91 Å². The zero-order valence-corrected chi connectivity index (χ0v) is 10.3. The molecule has 0 radical (unpaired) electrons. The van der Waals surface area contributed by atoms with Crippen molar-refractivity contribution >= 4 is 22.8 Å². The Morgan fingerprint density at radius 2 is 2.05 bits per heavy atom. The number of aromatic nitrogens is 1. The van der Waals surface area contributed by atoms with Crippen LogP contribution in [0.2, 0.25) is 0 Å². The van der Waals surface area contributed by atoms with E-state index >= 15 is 0 Å². The third-order valence-corrected chi connectivity index (χ3v) is 3.28. The molecular formula is C14H14N2O3. The smallest absolute Gasteiger partial charge is 0.337 e. The van der Waals surface area contributed by atoms with Crippen molar-refractivity contribution < 1.29 is 14.7 Å². The fraction of sp³-hybridized carbons (Fsp3) is 0.286. The van der Waals surface area contributed by atoms with Gasteiger partial charge in [0.1, 0.15) is 6.54 Å². The van der Waals surface area contributed by atoms with Gasteiger partial charge in [-0.3, -0.25) is 4.79 Å². The fourth-order valence-corrected chi connectivity index (χ4v) is 2.20. The minimum Gasteiger partial charge on any atom is -0.478 e. The molecule has 1 amide bonds. The molecule has 98 valence electrons. The standard InChI is InChI=1S/C14H14N2O3/c17-13(15-9-5-6-9)8-16-7-11(14(18)19)10-3-1-2-4-12(10)16/h1-4,7,9H,5-6,8H2,(H,15,17)(H,18,19). The molecule has 1 aromatic carbocycles. The number of hydrogen-bond acceptors (Lipinski definition) is 2. The summed E-state index contributed by atoms with van der Waals surface area (Å²) in [6.45, 7) is 0.157. The molecular weight excluding hydrogens is 244 g/mol. The van der Waals surface area contributed by atoms with Crippen LogP contribution in [0, 0.1) is 0 Å². The molecule has 1 saturated carbocycles. The van der Waals surface area contributed by atoms with Gasteiger partial charge in [-0.25, -0.2) is 4.79 Å². The van der Waals surface area contributed by atoms with E-state index in [2.05, 4.69) is 5.32 Å². The number of carboxylic acids is 1. The van der Waals surface area contributed by atoms with Crippen LogP contribution in [0.5, 0.6) is 0 Å². The van der Waals surface area contributed by atoms with E-state index in [0.29, 0.717) is 11.4 Å². The van der Waals surface area contributed by atoms with E-state index in [1.54, 1.807) is 16.7 Å². The maximum absolute atomic E-state index is 11.8. The van der Waals surface area contributed by atoms with E-state index in [1.807, 2.05) is 12.1 Å². The highest BCUT2D eigenvalue weighted by Crippen LogP contribution is 2.22. The lowest BCUT2D eigenvalue weighted by molar-refractivity contribution is -0.121. The maximum atomic E-state index is 11.8. The second-order valence-corrected chi connectivity index (χ2v) is 4.83. The Kier molecular flexibility index (Phi) is 2.74. The Balaban J connectivity index is 1.93. The summed E-state index contributed by atoms with van der Waals surface area (Å²) in [5.41, 5.74) is 1.00. The number of aromatic carboxylic acids is 1. The van der Waals surface area contributed by atoms with Crippen molar-refractivity contribution in [1.82, 2.24) is 9.88 Å². The van der Waals surface area contributed by atoms with Crippen LogP contribution in [0.3, 0.4) is 0 Å². The van der Waals surface area contributed by atoms with Crippen LogP contribution in [0.25, 0.3) is 10.9 Å². The molecule has 0 saturated heterocycles. The summed E-state index contributed by atoms with van der Waals surface area (Å²) in [5.74, 6) is -1.04. The van der Waals surface area contributed by atoms with Crippen LogP contribution in [0.4, 0.5) is 0 Å².